The molecule has 0 spiro atoms. The van der Waals surface area contributed by atoms with Crippen LogP contribution in [-0.4, -0.2) is 54.3 Å². The Morgan fingerprint density at radius 1 is 1.37 bits per heavy atom. The Kier molecular flexibility index (Phi) is 4.00. The predicted molar refractivity (Wildman–Crippen MR) is 79.5 cm³/mol. The first-order chi connectivity index (χ1) is 9.31. The first-order valence-electron chi connectivity index (χ1n) is 6.50. The second kappa shape index (κ2) is 5.90. The molecule has 0 bridgehead atoms. The van der Waals surface area contributed by atoms with E-state index >= 15 is 0 Å². The highest BCUT2D eigenvalue weighted by atomic mass is 79.9. The first kappa shape index (κ1) is 12.9. The molecule has 1 aromatic heterocycles. The molecule has 19 heavy (non-hydrogen) atoms. The maximum Gasteiger partial charge on any atom is 0.201 e. The highest BCUT2D eigenvalue weighted by Crippen LogP contribution is 2.19. The zero-order chi connectivity index (χ0) is 13.1. The Labute approximate surface area is 120 Å². The molecule has 1 aliphatic rings. The second-order valence-corrected chi connectivity index (χ2v) is 5.54. The van der Waals surface area contributed by atoms with Gasteiger partial charge >= 0.3 is 0 Å². The zero-order valence-corrected chi connectivity index (χ0v) is 12.2. The molecule has 0 amide bonds. The normalized spacial score (nSPS) is 16.9. The Morgan fingerprint density at radius 2 is 2.21 bits per heavy atom. The van der Waals surface area contributed by atoms with Crippen LogP contribution in [0.4, 0.5) is 5.95 Å². The number of hydrogen-bond acceptors (Lipinski definition) is 4. The van der Waals surface area contributed by atoms with Crippen molar-refractivity contribution in [3.8, 4) is 0 Å². The monoisotopic (exact) mass is 324 g/mol. The molecule has 0 aliphatic carbocycles. The van der Waals surface area contributed by atoms with E-state index < -0.39 is 0 Å². The molecule has 0 radical (unpaired) electrons. The molecular formula is C13H17BrN4O. The number of nitrogens with one attached hydrogen (secondary N) is 2. The zero-order valence-electron chi connectivity index (χ0n) is 10.7. The standard InChI is InChI=1S/C13H17BrN4O/c14-10-1-2-11-12(9-10)17-13(16-11)15-3-4-18-5-7-19-8-6-18/h1-2,9H,3-8H2,(H2,15,16,17). The van der Waals surface area contributed by atoms with Crippen LogP contribution in [-0.2, 0) is 4.74 Å². The topological polar surface area (TPSA) is 53.2 Å². The molecule has 1 aromatic carbocycles. The van der Waals surface area contributed by atoms with E-state index in [2.05, 4.69) is 36.1 Å². The largest absolute Gasteiger partial charge is 0.379 e. The Bertz CT molecular complexity index is 551. The van der Waals surface area contributed by atoms with Gasteiger partial charge < -0.3 is 15.0 Å². The molecule has 6 heteroatoms. The van der Waals surface area contributed by atoms with Crippen molar-refractivity contribution >= 4 is 32.9 Å². The summed E-state index contributed by atoms with van der Waals surface area (Å²) in [6, 6.07) is 6.04. The SMILES string of the molecule is Brc1ccc2nc(NCCN3CCOCC3)[nH]c2c1. The molecule has 1 saturated heterocycles. The lowest BCUT2D eigenvalue weighted by molar-refractivity contribution is 0.0398. The molecule has 102 valence electrons. The van der Waals surface area contributed by atoms with Crippen LogP contribution in [0, 0.1) is 0 Å². The third-order valence-corrected chi connectivity index (χ3v) is 3.76. The van der Waals surface area contributed by atoms with Gasteiger partial charge in [-0.1, -0.05) is 15.9 Å². The number of rotatable bonds is 4. The number of hydrogen-bond donors (Lipinski definition) is 2. The van der Waals surface area contributed by atoms with Crippen LogP contribution in [0.1, 0.15) is 0 Å². The van der Waals surface area contributed by atoms with Crippen molar-refractivity contribution in [1.82, 2.24) is 14.9 Å². The predicted octanol–water partition coefficient (Wildman–Crippen LogP) is 2.07. The van der Waals surface area contributed by atoms with Gasteiger partial charge in [0.2, 0.25) is 5.95 Å². The van der Waals surface area contributed by atoms with Crippen LogP contribution < -0.4 is 5.32 Å². The van der Waals surface area contributed by atoms with Gasteiger partial charge in [0.1, 0.15) is 0 Å². The molecule has 2 N–H and O–H groups in total. The number of aromatic amines is 1. The summed E-state index contributed by atoms with van der Waals surface area (Å²) in [5.74, 6) is 0.835. The third kappa shape index (κ3) is 3.26. The van der Waals surface area contributed by atoms with Gasteiger partial charge in [-0.25, -0.2) is 4.98 Å². The summed E-state index contributed by atoms with van der Waals surface area (Å²) in [5.41, 5.74) is 2.03. The summed E-state index contributed by atoms with van der Waals surface area (Å²) >= 11 is 3.46. The number of morpholine rings is 1. The van der Waals surface area contributed by atoms with Crippen molar-refractivity contribution < 1.29 is 4.74 Å². The quantitative estimate of drug-likeness (QED) is 0.904. The van der Waals surface area contributed by atoms with Crippen LogP contribution in [0.3, 0.4) is 0 Å². The van der Waals surface area contributed by atoms with Gasteiger partial charge in [0.05, 0.1) is 24.2 Å². The summed E-state index contributed by atoms with van der Waals surface area (Å²) < 4.78 is 6.39. The molecule has 1 fully saturated rings. The van der Waals surface area contributed by atoms with Crippen molar-refractivity contribution in [2.75, 3.05) is 44.7 Å². The van der Waals surface area contributed by atoms with E-state index in [-0.39, 0.29) is 0 Å². The van der Waals surface area contributed by atoms with E-state index in [1.165, 1.54) is 0 Å². The smallest absolute Gasteiger partial charge is 0.201 e. The fourth-order valence-electron chi connectivity index (χ4n) is 2.22. The van der Waals surface area contributed by atoms with Gasteiger partial charge in [0.25, 0.3) is 0 Å². The summed E-state index contributed by atoms with van der Waals surface area (Å²) in [7, 11) is 0. The molecule has 0 unspecified atom stereocenters. The van der Waals surface area contributed by atoms with Crippen molar-refractivity contribution in [2.45, 2.75) is 0 Å². The molecule has 5 nitrogen and oxygen atoms in total. The lowest BCUT2D eigenvalue weighted by Crippen LogP contribution is -2.39. The minimum absolute atomic E-state index is 0.835. The molecule has 0 saturated carbocycles. The van der Waals surface area contributed by atoms with E-state index in [1.807, 2.05) is 18.2 Å². The lowest BCUT2D eigenvalue weighted by atomic mass is 10.3. The summed E-state index contributed by atoms with van der Waals surface area (Å²) in [6.45, 7) is 5.64. The van der Waals surface area contributed by atoms with Crippen LogP contribution >= 0.6 is 15.9 Å². The molecular weight excluding hydrogens is 308 g/mol. The van der Waals surface area contributed by atoms with Crippen LogP contribution in [0.2, 0.25) is 0 Å². The average Bonchev–Trinajstić information content (AvgIpc) is 2.82. The maximum atomic E-state index is 5.33. The molecule has 2 aromatic rings. The summed E-state index contributed by atoms with van der Waals surface area (Å²) in [5, 5.41) is 3.34. The van der Waals surface area contributed by atoms with Gasteiger partial charge in [-0.15, -0.1) is 0 Å². The van der Waals surface area contributed by atoms with Gasteiger partial charge in [-0.05, 0) is 18.2 Å². The number of aromatic nitrogens is 2. The molecule has 3 rings (SSSR count). The van der Waals surface area contributed by atoms with E-state index in [9.17, 15) is 0 Å². The number of ether oxygens (including phenoxy) is 1. The maximum absolute atomic E-state index is 5.33. The van der Waals surface area contributed by atoms with Gasteiger partial charge in [0, 0.05) is 30.7 Å². The number of anilines is 1. The van der Waals surface area contributed by atoms with Crippen LogP contribution in [0.15, 0.2) is 22.7 Å². The highest BCUT2D eigenvalue weighted by Gasteiger charge is 2.09. The molecule has 0 atom stereocenters. The van der Waals surface area contributed by atoms with E-state index in [0.29, 0.717) is 0 Å². The Hall–Kier alpha value is -1.11. The highest BCUT2D eigenvalue weighted by molar-refractivity contribution is 9.10. The van der Waals surface area contributed by atoms with Crippen LogP contribution in [0.25, 0.3) is 11.0 Å². The first-order valence-corrected chi connectivity index (χ1v) is 7.30. The fraction of sp³-hybridized carbons (Fsp3) is 0.462. The number of fused-ring (bicyclic) bond motifs is 1. The van der Waals surface area contributed by atoms with E-state index in [0.717, 1.165) is 60.8 Å². The van der Waals surface area contributed by atoms with Crippen molar-refractivity contribution in [3.05, 3.63) is 22.7 Å². The number of H-pyrrole nitrogens is 1. The van der Waals surface area contributed by atoms with Gasteiger partial charge in [-0.3, -0.25) is 4.90 Å². The second-order valence-electron chi connectivity index (χ2n) is 4.63. The lowest BCUT2D eigenvalue weighted by Gasteiger charge is -2.26. The van der Waals surface area contributed by atoms with Crippen LogP contribution in [0.5, 0.6) is 0 Å². The number of imidazole rings is 1. The number of halogens is 1. The third-order valence-electron chi connectivity index (χ3n) is 3.27. The Morgan fingerprint density at radius 3 is 3.05 bits per heavy atom. The number of nitrogens with zero attached hydrogens (tertiary/aromatic N) is 2. The molecule has 1 aliphatic heterocycles. The fourth-order valence-corrected chi connectivity index (χ4v) is 2.58. The minimum Gasteiger partial charge on any atom is -0.379 e. The molecule has 2 heterocycles. The summed E-state index contributed by atoms with van der Waals surface area (Å²) in [6.07, 6.45) is 0. The van der Waals surface area contributed by atoms with E-state index in [1.54, 1.807) is 0 Å². The van der Waals surface area contributed by atoms with E-state index in [4.69, 9.17) is 4.74 Å². The van der Waals surface area contributed by atoms with Crippen molar-refractivity contribution in [1.29, 1.82) is 0 Å². The summed E-state index contributed by atoms with van der Waals surface area (Å²) in [4.78, 5) is 10.2. The number of benzene rings is 1. The van der Waals surface area contributed by atoms with Gasteiger partial charge in [-0.2, -0.15) is 0 Å². The van der Waals surface area contributed by atoms with Crippen molar-refractivity contribution in [2.24, 2.45) is 0 Å². The van der Waals surface area contributed by atoms with Gasteiger partial charge in [0.15, 0.2) is 0 Å². The Balaban J connectivity index is 1.56. The average molecular weight is 325 g/mol. The minimum atomic E-state index is 0.835. The van der Waals surface area contributed by atoms with Crippen molar-refractivity contribution in [3.63, 3.8) is 0 Å².